The summed E-state index contributed by atoms with van der Waals surface area (Å²) < 4.78 is 0. The summed E-state index contributed by atoms with van der Waals surface area (Å²) in [6.07, 6.45) is -0.380. The van der Waals surface area contributed by atoms with Crippen LogP contribution < -0.4 is 4.90 Å². The minimum Gasteiger partial charge on any atom is -0.481 e. The lowest BCUT2D eigenvalue weighted by molar-refractivity contribution is -0.136. The van der Waals surface area contributed by atoms with E-state index in [1.165, 1.54) is 4.90 Å². The highest BCUT2D eigenvalue weighted by atomic mass is 16.4. The molecule has 4 heteroatoms. The number of carboxylic acids is 1. The molecule has 2 rings (SSSR count). The zero-order valence-corrected chi connectivity index (χ0v) is 11.4. The van der Waals surface area contributed by atoms with Crippen molar-refractivity contribution in [3.05, 3.63) is 72.8 Å². The van der Waals surface area contributed by atoms with E-state index in [9.17, 15) is 9.59 Å². The van der Waals surface area contributed by atoms with Gasteiger partial charge in [0, 0.05) is 16.9 Å². The quantitative estimate of drug-likeness (QED) is 0.855. The smallest absolute Gasteiger partial charge is 0.308 e. The van der Waals surface area contributed by atoms with Crippen LogP contribution >= 0.6 is 0 Å². The average Bonchev–Trinajstić information content (AvgIpc) is 2.49. The molecular formula is C17H15NO3. The van der Waals surface area contributed by atoms with Crippen molar-refractivity contribution in [2.24, 2.45) is 0 Å². The van der Waals surface area contributed by atoms with E-state index in [1.807, 2.05) is 36.4 Å². The Morgan fingerprint density at radius 3 is 1.71 bits per heavy atom. The molecule has 2 aromatic rings. The Bertz CT molecular complexity index is 611. The van der Waals surface area contributed by atoms with E-state index in [1.54, 1.807) is 24.3 Å². The number of hydrogen-bond donors (Lipinski definition) is 1. The number of carbonyl (C=O) groups is 2. The summed E-state index contributed by atoms with van der Waals surface area (Å²) in [6.45, 7) is 3.59. The monoisotopic (exact) mass is 281 g/mol. The standard InChI is InChI=1S/C17H15NO3/c1-13(12-16(19)20)17(21)18(14-8-4-2-5-9-14)15-10-6-3-7-11-15/h2-11H,1,12H2,(H,19,20). The van der Waals surface area contributed by atoms with Crippen molar-refractivity contribution in [3.8, 4) is 0 Å². The Labute approximate surface area is 123 Å². The van der Waals surface area contributed by atoms with Crippen molar-refractivity contribution in [3.63, 3.8) is 0 Å². The summed E-state index contributed by atoms with van der Waals surface area (Å²) in [7, 11) is 0. The van der Waals surface area contributed by atoms with Gasteiger partial charge in [-0.05, 0) is 24.3 Å². The number of carbonyl (C=O) groups excluding carboxylic acids is 1. The van der Waals surface area contributed by atoms with Crippen molar-refractivity contribution < 1.29 is 14.7 Å². The van der Waals surface area contributed by atoms with Gasteiger partial charge in [0.1, 0.15) is 0 Å². The molecule has 0 spiro atoms. The normalized spacial score (nSPS) is 9.90. The Kier molecular flexibility index (Phi) is 4.51. The van der Waals surface area contributed by atoms with E-state index in [2.05, 4.69) is 6.58 Å². The van der Waals surface area contributed by atoms with E-state index in [4.69, 9.17) is 5.11 Å². The van der Waals surface area contributed by atoms with Gasteiger partial charge in [-0.2, -0.15) is 0 Å². The fourth-order valence-corrected chi connectivity index (χ4v) is 1.95. The van der Waals surface area contributed by atoms with Crippen molar-refractivity contribution in [1.29, 1.82) is 0 Å². The summed E-state index contributed by atoms with van der Waals surface area (Å²) in [4.78, 5) is 24.8. The molecule has 0 atom stereocenters. The lowest BCUT2D eigenvalue weighted by Gasteiger charge is -2.23. The van der Waals surface area contributed by atoms with Gasteiger partial charge in [-0.15, -0.1) is 0 Å². The fourth-order valence-electron chi connectivity index (χ4n) is 1.95. The predicted molar refractivity (Wildman–Crippen MR) is 81.4 cm³/mol. The van der Waals surface area contributed by atoms with Gasteiger partial charge in [0.15, 0.2) is 0 Å². The van der Waals surface area contributed by atoms with Crippen LogP contribution in [0, 0.1) is 0 Å². The van der Waals surface area contributed by atoms with Crippen LogP contribution in [0.1, 0.15) is 6.42 Å². The highest BCUT2D eigenvalue weighted by Gasteiger charge is 2.21. The Morgan fingerprint density at radius 1 is 0.905 bits per heavy atom. The predicted octanol–water partition coefficient (Wildman–Crippen LogP) is 3.38. The number of amides is 1. The highest BCUT2D eigenvalue weighted by Crippen LogP contribution is 2.27. The fraction of sp³-hybridized carbons (Fsp3) is 0.0588. The lowest BCUT2D eigenvalue weighted by Crippen LogP contribution is -2.27. The van der Waals surface area contributed by atoms with E-state index < -0.39 is 11.9 Å². The molecule has 0 aliphatic carbocycles. The Morgan fingerprint density at radius 2 is 1.33 bits per heavy atom. The zero-order chi connectivity index (χ0) is 15.2. The molecule has 0 fully saturated rings. The second-order valence-electron chi connectivity index (χ2n) is 4.49. The van der Waals surface area contributed by atoms with Crippen molar-refractivity contribution in [2.45, 2.75) is 6.42 Å². The minimum absolute atomic E-state index is 0.0372. The van der Waals surface area contributed by atoms with Crippen LogP contribution in [0.4, 0.5) is 11.4 Å². The molecule has 1 N–H and O–H groups in total. The van der Waals surface area contributed by atoms with E-state index in [0.717, 1.165) is 0 Å². The molecule has 0 bridgehead atoms. The second kappa shape index (κ2) is 6.52. The van der Waals surface area contributed by atoms with Gasteiger partial charge < -0.3 is 5.11 Å². The van der Waals surface area contributed by atoms with Gasteiger partial charge >= 0.3 is 5.97 Å². The third-order valence-electron chi connectivity index (χ3n) is 2.90. The average molecular weight is 281 g/mol. The summed E-state index contributed by atoms with van der Waals surface area (Å²) in [5, 5.41) is 8.82. The van der Waals surface area contributed by atoms with Crippen LogP contribution in [0.25, 0.3) is 0 Å². The molecule has 0 saturated carbocycles. The molecule has 1 amide bonds. The van der Waals surface area contributed by atoms with Crippen LogP contribution in [0.5, 0.6) is 0 Å². The molecule has 0 radical (unpaired) electrons. The maximum atomic E-state index is 12.5. The number of anilines is 2. The van der Waals surface area contributed by atoms with Crippen molar-refractivity contribution >= 4 is 23.3 Å². The Balaban J connectivity index is 2.40. The van der Waals surface area contributed by atoms with Gasteiger partial charge in [0.05, 0.1) is 6.42 Å². The first-order chi connectivity index (χ1) is 10.1. The molecule has 0 unspecified atom stereocenters. The van der Waals surface area contributed by atoms with Crippen molar-refractivity contribution in [2.75, 3.05) is 4.90 Å². The Hall–Kier alpha value is -2.88. The molecule has 21 heavy (non-hydrogen) atoms. The van der Waals surface area contributed by atoms with E-state index >= 15 is 0 Å². The minimum atomic E-state index is -1.07. The first-order valence-electron chi connectivity index (χ1n) is 6.43. The SMILES string of the molecule is C=C(CC(=O)O)C(=O)N(c1ccccc1)c1ccccc1. The number of hydrogen-bond acceptors (Lipinski definition) is 2. The maximum Gasteiger partial charge on any atom is 0.308 e. The van der Waals surface area contributed by atoms with Gasteiger partial charge in [0.2, 0.25) is 0 Å². The number of benzene rings is 2. The molecule has 0 aliphatic heterocycles. The van der Waals surface area contributed by atoms with Crippen LogP contribution in [0.2, 0.25) is 0 Å². The van der Waals surface area contributed by atoms with Gasteiger partial charge in [0.25, 0.3) is 5.91 Å². The first-order valence-corrected chi connectivity index (χ1v) is 6.43. The molecule has 0 saturated heterocycles. The van der Waals surface area contributed by atoms with E-state index in [0.29, 0.717) is 11.4 Å². The van der Waals surface area contributed by atoms with Gasteiger partial charge in [-0.25, -0.2) is 0 Å². The lowest BCUT2D eigenvalue weighted by atomic mass is 10.1. The first kappa shape index (κ1) is 14.5. The van der Waals surface area contributed by atoms with Crippen molar-refractivity contribution in [1.82, 2.24) is 0 Å². The topological polar surface area (TPSA) is 57.6 Å². The number of nitrogens with zero attached hydrogens (tertiary/aromatic N) is 1. The molecule has 0 aliphatic rings. The molecule has 2 aromatic carbocycles. The van der Waals surface area contributed by atoms with Crippen LogP contribution in [-0.4, -0.2) is 17.0 Å². The summed E-state index contributed by atoms with van der Waals surface area (Å²) in [5.74, 6) is -1.50. The summed E-state index contributed by atoms with van der Waals surface area (Å²) >= 11 is 0. The summed E-state index contributed by atoms with van der Waals surface area (Å²) in [6, 6.07) is 18.1. The van der Waals surface area contributed by atoms with Crippen LogP contribution in [-0.2, 0) is 9.59 Å². The van der Waals surface area contributed by atoms with Gasteiger partial charge in [-0.1, -0.05) is 43.0 Å². The van der Waals surface area contributed by atoms with Gasteiger partial charge in [-0.3, -0.25) is 14.5 Å². The third-order valence-corrected chi connectivity index (χ3v) is 2.90. The van der Waals surface area contributed by atoms with E-state index in [-0.39, 0.29) is 12.0 Å². The van der Waals surface area contributed by atoms with Crippen LogP contribution in [0.3, 0.4) is 0 Å². The zero-order valence-electron chi connectivity index (χ0n) is 11.4. The third kappa shape index (κ3) is 3.57. The highest BCUT2D eigenvalue weighted by molar-refractivity contribution is 6.11. The molecule has 106 valence electrons. The number of para-hydroxylation sites is 2. The summed E-state index contributed by atoms with van der Waals surface area (Å²) in [5.41, 5.74) is 1.37. The maximum absolute atomic E-state index is 12.5. The molecule has 4 nitrogen and oxygen atoms in total. The second-order valence-corrected chi connectivity index (χ2v) is 4.49. The number of rotatable bonds is 5. The number of carboxylic acid groups (broad SMARTS) is 1. The molecular weight excluding hydrogens is 266 g/mol. The molecule has 0 heterocycles. The number of aliphatic carboxylic acids is 1. The van der Waals surface area contributed by atoms with Crippen LogP contribution in [0.15, 0.2) is 72.8 Å². The largest absolute Gasteiger partial charge is 0.481 e. The molecule has 0 aromatic heterocycles.